The van der Waals surface area contributed by atoms with E-state index in [1.807, 2.05) is 0 Å². The third kappa shape index (κ3) is 6.22. The van der Waals surface area contributed by atoms with Crippen LogP contribution in [0, 0.1) is 5.92 Å². The van der Waals surface area contributed by atoms with Crippen molar-refractivity contribution in [2.24, 2.45) is 16.6 Å². The quantitative estimate of drug-likeness (QED) is 0.430. The Morgan fingerprint density at radius 2 is 1.59 bits per heavy atom. The average Bonchev–Trinajstić information content (AvgIpc) is 2.77. The van der Waals surface area contributed by atoms with Gasteiger partial charge in [0.15, 0.2) is 5.96 Å². The van der Waals surface area contributed by atoms with Crippen LogP contribution in [0.25, 0.3) is 0 Å². The van der Waals surface area contributed by atoms with Gasteiger partial charge >= 0.3 is 0 Å². The summed E-state index contributed by atoms with van der Waals surface area (Å²) >= 11 is 0. The molecule has 22 heavy (non-hydrogen) atoms. The number of guanidine groups is 1. The SMILES string of the molecule is CN(C)C(CN=C(N)N1CCCCCC1)C1CCCCC1.I. The van der Waals surface area contributed by atoms with Gasteiger partial charge in [-0.2, -0.15) is 0 Å². The summed E-state index contributed by atoms with van der Waals surface area (Å²) in [6.45, 7) is 3.04. The molecule has 2 rings (SSSR count). The van der Waals surface area contributed by atoms with Gasteiger partial charge in [0.05, 0.1) is 6.54 Å². The third-order valence-electron chi connectivity index (χ3n) is 5.23. The molecule has 5 heteroatoms. The van der Waals surface area contributed by atoms with Crippen molar-refractivity contribution >= 4 is 29.9 Å². The van der Waals surface area contributed by atoms with Gasteiger partial charge in [0.2, 0.25) is 0 Å². The highest BCUT2D eigenvalue weighted by Crippen LogP contribution is 2.28. The highest BCUT2D eigenvalue weighted by atomic mass is 127. The van der Waals surface area contributed by atoms with Gasteiger partial charge in [-0.3, -0.25) is 4.99 Å². The van der Waals surface area contributed by atoms with E-state index in [0.717, 1.165) is 31.5 Å². The Hall–Kier alpha value is -0.0400. The molecule has 1 atom stereocenters. The van der Waals surface area contributed by atoms with E-state index in [0.29, 0.717) is 6.04 Å². The highest BCUT2D eigenvalue weighted by molar-refractivity contribution is 14.0. The van der Waals surface area contributed by atoms with Gasteiger partial charge in [-0.1, -0.05) is 32.1 Å². The molecule has 4 nitrogen and oxygen atoms in total. The van der Waals surface area contributed by atoms with Crippen molar-refractivity contribution in [3.8, 4) is 0 Å². The molecule has 0 spiro atoms. The third-order valence-corrected chi connectivity index (χ3v) is 5.23. The van der Waals surface area contributed by atoms with Crippen LogP contribution >= 0.6 is 24.0 Å². The first-order chi connectivity index (χ1) is 10.2. The molecule has 1 aliphatic heterocycles. The van der Waals surface area contributed by atoms with Gasteiger partial charge in [0.25, 0.3) is 0 Å². The number of likely N-dealkylation sites (N-methyl/N-ethyl adjacent to an activating group) is 1. The minimum absolute atomic E-state index is 0. The average molecular weight is 422 g/mol. The number of likely N-dealkylation sites (tertiary alicyclic amines) is 1. The lowest BCUT2D eigenvalue weighted by molar-refractivity contribution is 0.175. The van der Waals surface area contributed by atoms with Gasteiger partial charge in [0, 0.05) is 19.1 Å². The van der Waals surface area contributed by atoms with E-state index in [4.69, 9.17) is 10.7 Å². The highest BCUT2D eigenvalue weighted by Gasteiger charge is 2.25. The number of nitrogens with two attached hydrogens (primary N) is 1. The fraction of sp³-hybridized carbons (Fsp3) is 0.941. The number of halogens is 1. The molecular weight excluding hydrogens is 387 g/mol. The Morgan fingerprint density at radius 3 is 2.14 bits per heavy atom. The van der Waals surface area contributed by atoms with Crippen LogP contribution in [0.4, 0.5) is 0 Å². The lowest BCUT2D eigenvalue weighted by atomic mass is 9.83. The van der Waals surface area contributed by atoms with Crippen molar-refractivity contribution in [3.63, 3.8) is 0 Å². The molecule has 1 saturated carbocycles. The molecule has 2 N–H and O–H groups in total. The van der Waals surface area contributed by atoms with E-state index in [1.165, 1.54) is 57.8 Å². The zero-order chi connectivity index (χ0) is 15.1. The standard InChI is InChI=1S/C17H34N4.HI/c1-20(2)16(15-10-6-5-7-11-15)14-19-17(18)21-12-8-3-4-9-13-21;/h15-16H,3-14H2,1-2H3,(H2,18,19);1H. The van der Waals surface area contributed by atoms with Gasteiger partial charge in [-0.05, 0) is 45.7 Å². The number of hydrogen-bond acceptors (Lipinski definition) is 2. The van der Waals surface area contributed by atoms with Crippen LogP contribution < -0.4 is 5.73 Å². The van der Waals surface area contributed by atoms with Crippen molar-refractivity contribution < 1.29 is 0 Å². The van der Waals surface area contributed by atoms with Gasteiger partial charge in [-0.15, -0.1) is 24.0 Å². The van der Waals surface area contributed by atoms with Gasteiger partial charge in [0.1, 0.15) is 0 Å². The summed E-state index contributed by atoms with van der Waals surface area (Å²) in [5.74, 6) is 1.58. The summed E-state index contributed by atoms with van der Waals surface area (Å²) in [6.07, 6.45) is 12.1. The Bertz CT molecular complexity index is 319. The topological polar surface area (TPSA) is 44.9 Å². The fourth-order valence-electron chi connectivity index (χ4n) is 3.84. The van der Waals surface area contributed by atoms with E-state index in [2.05, 4.69) is 23.9 Å². The second-order valence-corrected chi connectivity index (χ2v) is 7.03. The van der Waals surface area contributed by atoms with E-state index >= 15 is 0 Å². The molecule has 1 aliphatic carbocycles. The molecule has 0 aromatic heterocycles. The zero-order valence-corrected chi connectivity index (χ0v) is 16.8. The Morgan fingerprint density at radius 1 is 1.05 bits per heavy atom. The van der Waals surface area contributed by atoms with Crippen LogP contribution in [0.1, 0.15) is 57.8 Å². The van der Waals surface area contributed by atoms with Crippen LogP contribution in [-0.4, -0.2) is 55.5 Å². The number of aliphatic imine (C=N–C) groups is 1. The summed E-state index contributed by atoms with van der Waals surface area (Å²) in [6, 6.07) is 0.552. The predicted octanol–water partition coefficient (Wildman–Crippen LogP) is 3.31. The van der Waals surface area contributed by atoms with Crippen molar-refractivity contribution in [2.45, 2.75) is 63.8 Å². The summed E-state index contributed by atoms with van der Waals surface area (Å²) in [7, 11) is 4.38. The van der Waals surface area contributed by atoms with Crippen LogP contribution in [0.2, 0.25) is 0 Å². The van der Waals surface area contributed by atoms with Gasteiger partial charge < -0.3 is 15.5 Å². The number of rotatable bonds is 4. The van der Waals surface area contributed by atoms with Crippen LogP contribution in [0.15, 0.2) is 4.99 Å². The predicted molar refractivity (Wildman–Crippen MR) is 106 cm³/mol. The maximum absolute atomic E-state index is 6.25. The first-order valence-electron chi connectivity index (χ1n) is 8.90. The van der Waals surface area contributed by atoms with E-state index in [-0.39, 0.29) is 24.0 Å². The van der Waals surface area contributed by atoms with E-state index in [1.54, 1.807) is 0 Å². The number of hydrogen-bond donors (Lipinski definition) is 1. The lowest BCUT2D eigenvalue weighted by Gasteiger charge is -2.34. The minimum Gasteiger partial charge on any atom is -0.370 e. The second kappa shape index (κ2) is 10.7. The monoisotopic (exact) mass is 422 g/mol. The molecule has 0 aromatic carbocycles. The van der Waals surface area contributed by atoms with Crippen LogP contribution in [0.5, 0.6) is 0 Å². The summed E-state index contributed by atoms with van der Waals surface area (Å²) in [4.78, 5) is 9.41. The molecule has 1 unspecified atom stereocenters. The van der Waals surface area contributed by atoms with Gasteiger partial charge in [-0.25, -0.2) is 0 Å². The molecule has 130 valence electrons. The molecule has 0 bridgehead atoms. The maximum Gasteiger partial charge on any atom is 0.191 e. The maximum atomic E-state index is 6.25. The van der Waals surface area contributed by atoms with Crippen LogP contribution in [-0.2, 0) is 0 Å². The minimum atomic E-state index is 0. The molecule has 2 aliphatic rings. The van der Waals surface area contributed by atoms with E-state index < -0.39 is 0 Å². The Labute approximate surface area is 153 Å². The molecule has 0 aromatic rings. The van der Waals surface area contributed by atoms with E-state index in [9.17, 15) is 0 Å². The Balaban J connectivity index is 0.00000242. The molecule has 0 amide bonds. The first-order valence-corrected chi connectivity index (χ1v) is 8.90. The van der Waals surface area contributed by atoms with Crippen molar-refractivity contribution in [3.05, 3.63) is 0 Å². The lowest BCUT2D eigenvalue weighted by Crippen LogP contribution is -2.42. The summed E-state index contributed by atoms with van der Waals surface area (Å²) in [5, 5.41) is 0. The zero-order valence-electron chi connectivity index (χ0n) is 14.5. The smallest absolute Gasteiger partial charge is 0.191 e. The summed E-state index contributed by atoms with van der Waals surface area (Å²) < 4.78 is 0. The van der Waals surface area contributed by atoms with Crippen LogP contribution in [0.3, 0.4) is 0 Å². The molecule has 1 heterocycles. The first kappa shape index (κ1) is 20.0. The van der Waals surface area contributed by atoms with Crippen molar-refractivity contribution in [1.82, 2.24) is 9.80 Å². The molecule has 0 radical (unpaired) electrons. The largest absolute Gasteiger partial charge is 0.370 e. The molecule has 1 saturated heterocycles. The molecule has 2 fully saturated rings. The molecular formula is C17H35IN4. The van der Waals surface area contributed by atoms with Crippen molar-refractivity contribution in [1.29, 1.82) is 0 Å². The Kier molecular flexibility index (Phi) is 9.71. The fourth-order valence-corrected chi connectivity index (χ4v) is 3.84. The summed E-state index contributed by atoms with van der Waals surface area (Å²) in [5.41, 5.74) is 6.25. The normalized spacial score (nSPS) is 23.0. The number of nitrogens with zero attached hydrogens (tertiary/aromatic N) is 3. The van der Waals surface area contributed by atoms with Crippen molar-refractivity contribution in [2.75, 3.05) is 33.7 Å². The second-order valence-electron chi connectivity index (χ2n) is 7.03.